The minimum Gasteiger partial charge on any atom is -0.457 e. The van der Waals surface area contributed by atoms with Gasteiger partial charge in [-0.05, 0) is 37.9 Å². The van der Waals surface area contributed by atoms with Crippen LogP contribution in [0.15, 0.2) is 31.3 Å². The van der Waals surface area contributed by atoms with Crippen LogP contribution in [0.25, 0.3) is 0 Å². The zero-order chi connectivity index (χ0) is 13.5. The molecule has 0 radical (unpaired) electrons. The van der Waals surface area contributed by atoms with E-state index >= 15 is 0 Å². The molecule has 0 amide bonds. The lowest BCUT2D eigenvalue weighted by Crippen LogP contribution is -2.05. The van der Waals surface area contributed by atoms with E-state index < -0.39 is 17.5 Å². The Balaban J connectivity index is 2.45. The van der Waals surface area contributed by atoms with Crippen LogP contribution in [0.2, 0.25) is 0 Å². The Hall–Kier alpha value is -0.600. The van der Waals surface area contributed by atoms with Gasteiger partial charge in [0, 0.05) is 5.38 Å². The Morgan fingerprint density at radius 3 is 2.44 bits per heavy atom. The normalized spacial score (nSPS) is 11.8. The summed E-state index contributed by atoms with van der Waals surface area (Å²) in [7, 11) is 0. The molecule has 0 atom stereocenters. The molecule has 0 aliphatic heterocycles. The van der Waals surface area contributed by atoms with Gasteiger partial charge in [0.1, 0.15) is 0 Å². The SMILES string of the molecule is O=C(c1ccoc1Br)c1scc(C(F)(F)F)c1Br. The molecule has 0 aliphatic rings. The highest BCUT2D eigenvalue weighted by molar-refractivity contribution is 9.10. The number of hydrogen-bond acceptors (Lipinski definition) is 3. The van der Waals surface area contributed by atoms with E-state index in [-0.39, 0.29) is 19.6 Å². The van der Waals surface area contributed by atoms with Crippen LogP contribution in [0.4, 0.5) is 13.2 Å². The highest BCUT2D eigenvalue weighted by Crippen LogP contribution is 2.41. The average Bonchev–Trinajstić information content (AvgIpc) is 2.82. The number of carbonyl (C=O) groups excluding carboxylic acids is 1. The average molecular weight is 404 g/mol. The first-order valence-corrected chi connectivity index (χ1v) is 6.91. The van der Waals surface area contributed by atoms with E-state index in [0.717, 1.165) is 16.7 Å². The quantitative estimate of drug-likeness (QED) is 0.651. The van der Waals surface area contributed by atoms with Crippen molar-refractivity contribution in [2.75, 3.05) is 0 Å². The second-order valence-electron chi connectivity index (χ2n) is 3.23. The molecule has 2 heterocycles. The number of alkyl halides is 3. The zero-order valence-corrected chi connectivity index (χ0v) is 12.3. The van der Waals surface area contributed by atoms with Gasteiger partial charge in [-0.3, -0.25) is 4.79 Å². The Morgan fingerprint density at radius 2 is 2.00 bits per heavy atom. The molecule has 0 fully saturated rings. The van der Waals surface area contributed by atoms with E-state index in [1.54, 1.807) is 0 Å². The monoisotopic (exact) mass is 402 g/mol. The predicted octanol–water partition coefficient (Wildman–Crippen LogP) is 5.12. The van der Waals surface area contributed by atoms with Crippen LogP contribution in [0.3, 0.4) is 0 Å². The van der Waals surface area contributed by atoms with E-state index in [1.165, 1.54) is 12.3 Å². The van der Waals surface area contributed by atoms with Crippen molar-refractivity contribution in [3.63, 3.8) is 0 Å². The van der Waals surface area contributed by atoms with E-state index in [1.807, 2.05) is 0 Å². The van der Waals surface area contributed by atoms with Crippen molar-refractivity contribution in [2.45, 2.75) is 6.18 Å². The molecule has 0 spiro atoms. The standard InChI is InChI=1S/C10H3Br2F3O2S/c11-6-5(10(13,14)15)3-18-8(6)7(16)4-1-2-17-9(4)12/h1-3H. The maximum absolute atomic E-state index is 12.6. The fraction of sp³-hybridized carbons (Fsp3) is 0.100. The van der Waals surface area contributed by atoms with Crippen LogP contribution in [0.5, 0.6) is 0 Å². The summed E-state index contributed by atoms with van der Waals surface area (Å²) >= 11 is 6.58. The van der Waals surface area contributed by atoms with Crippen molar-refractivity contribution >= 4 is 49.0 Å². The van der Waals surface area contributed by atoms with Crippen LogP contribution in [0.1, 0.15) is 20.8 Å². The van der Waals surface area contributed by atoms with Crippen molar-refractivity contribution in [1.82, 2.24) is 0 Å². The lowest BCUT2D eigenvalue weighted by atomic mass is 10.2. The van der Waals surface area contributed by atoms with Gasteiger partial charge in [0.25, 0.3) is 0 Å². The van der Waals surface area contributed by atoms with Crippen LogP contribution in [-0.2, 0) is 6.18 Å². The molecule has 0 bridgehead atoms. The number of rotatable bonds is 2. The fourth-order valence-electron chi connectivity index (χ4n) is 1.27. The summed E-state index contributed by atoms with van der Waals surface area (Å²) in [4.78, 5) is 12.0. The van der Waals surface area contributed by atoms with Crippen molar-refractivity contribution in [1.29, 1.82) is 0 Å². The lowest BCUT2D eigenvalue weighted by Gasteiger charge is -2.04. The minimum atomic E-state index is -4.48. The Kier molecular flexibility index (Phi) is 3.70. The lowest BCUT2D eigenvalue weighted by molar-refractivity contribution is -0.137. The topological polar surface area (TPSA) is 30.2 Å². The van der Waals surface area contributed by atoms with Gasteiger partial charge in [-0.25, -0.2) is 0 Å². The summed E-state index contributed by atoms with van der Waals surface area (Å²) in [6, 6.07) is 1.39. The smallest absolute Gasteiger partial charge is 0.418 e. The van der Waals surface area contributed by atoms with Gasteiger partial charge in [0.15, 0.2) is 4.67 Å². The maximum Gasteiger partial charge on any atom is 0.418 e. The van der Waals surface area contributed by atoms with Gasteiger partial charge in [0.05, 0.1) is 26.7 Å². The zero-order valence-electron chi connectivity index (χ0n) is 8.35. The van der Waals surface area contributed by atoms with Crippen LogP contribution in [0, 0.1) is 0 Å². The summed E-state index contributed by atoms with van der Waals surface area (Å²) in [6.07, 6.45) is -3.20. The van der Waals surface area contributed by atoms with Gasteiger partial charge >= 0.3 is 6.18 Å². The van der Waals surface area contributed by atoms with Crippen molar-refractivity contribution in [2.24, 2.45) is 0 Å². The van der Waals surface area contributed by atoms with Gasteiger partial charge in [-0.2, -0.15) is 13.2 Å². The van der Waals surface area contributed by atoms with Crippen LogP contribution >= 0.6 is 43.2 Å². The van der Waals surface area contributed by atoms with Crippen molar-refractivity contribution in [3.05, 3.63) is 42.9 Å². The molecule has 0 N–H and O–H groups in total. The molecule has 0 aliphatic carbocycles. The molecular weight excluding hydrogens is 401 g/mol. The Morgan fingerprint density at radius 1 is 1.33 bits per heavy atom. The number of ketones is 1. The number of furan rings is 1. The second-order valence-corrected chi connectivity index (χ2v) is 5.62. The van der Waals surface area contributed by atoms with Gasteiger partial charge in [-0.15, -0.1) is 11.3 Å². The predicted molar refractivity (Wildman–Crippen MR) is 66.9 cm³/mol. The molecule has 2 aromatic rings. The van der Waals surface area contributed by atoms with Gasteiger partial charge < -0.3 is 4.42 Å². The van der Waals surface area contributed by atoms with Crippen LogP contribution in [-0.4, -0.2) is 5.78 Å². The number of thiophene rings is 1. The molecule has 0 aromatic carbocycles. The fourth-order valence-corrected chi connectivity index (χ4v) is 3.56. The summed E-state index contributed by atoms with van der Waals surface area (Å²) in [5, 5.41) is 0.908. The molecule has 2 rings (SSSR count). The van der Waals surface area contributed by atoms with Gasteiger partial charge in [0.2, 0.25) is 5.78 Å². The molecule has 0 saturated carbocycles. The largest absolute Gasteiger partial charge is 0.457 e. The Labute approximate surface area is 120 Å². The molecule has 0 unspecified atom stereocenters. The van der Waals surface area contributed by atoms with Crippen LogP contribution < -0.4 is 0 Å². The third-order valence-electron chi connectivity index (χ3n) is 2.10. The third-order valence-corrected chi connectivity index (χ3v) is 4.78. The third kappa shape index (κ3) is 2.41. The molecule has 2 nitrogen and oxygen atoms in total. The second kappa shape index (κ2) is 4.82. The van der Waals surface area contributed by atoms with Crippen molar-refractivity contribution in [3.8, 4) is 0 Å². The number of hydrogen-bond donors (Lipinski definition) is 0. The molecular formula is C10H3Br2F3O2S. The molecule has 8 heteroatoms. The van der Waals surface area contributed by atoms with Crippen molar-refractivity contribution < 1.29 is 22.4 Å². The van der Waals surface area contributed by atoms with E-state index in [0.29, 0.717) is 0 Å². The summed E-state index contributed by atoms with van der Waals surface area (Å²) in [6.45, 7) is 0. The summed E-state index contributed by atoms with van der Waals surface area (Å²) in [5.74, 6) is -0.525. The first kappa shape index (κ1) is 13.8. The molecule has 18 heavy (non-hydrogen) atoms. The minimum absolute atomic E-state index is 0.00979. The highest BCUT2D eigenvalue weighted by Gasteiger charge is 2.36. The Bertz CT molecular complexity index is 601. The van der Waals surface area contributed by atoms with E-state index in [2.05, 4.69) is 31.9 Å². The maximum atomic E-state index is 12.6. The van der Waals surface area contributed by atoms with E-state index in [4.69, 9.17) is 4.42 Å². The first-order chi connectivity index (χ1) is 8.32. The number of halogens is 5. The molecule has 0 saturated heterocycles. The molecule has 2 aromatic heterocycles. The first-order valence-electron chi connectivity index (χ1n) is 4.44. The number of carbonyl (C=O) groups is 1. The summed E-state index contributed by atoms with van der Waals surface area (Å²) < 4.78 is 42.6. The highest BCUT2D eigenvalue weighted by atomic mass is 79.9. The van der Waals surface area contributed by atoms with Gasteiger partial charge in [-0.1, -0.05) is 0 Å². The molecule has 96 valence electrons. The van der Waals surface area contributed by atoms with E-state index in [9.17, 15) is 18.0 Å². The summed E-state index contributed by atoms with van der Waals surface area (Å²) in [5.41, 5.74) is -0.665.